The Morgan fingerprint density at radius 3 is 1.23 bits per heavy atom. The van der Waals surface area contributed by atoms with E-state index in [2.05, 4.69) is 27.7 Å². The van der Waals surface area contributed by atoms with Gasteiger partial charge >= 0.3 is 11.9 Å². The van der Waals surface area contributed by atoms with E-state index in [1.165, 1.54) is 24.3 Å². The molecule has 6 rings (SSSR count). The molecule has 286 valence electrons. The van der Waals surface area contributed by atoms with Gasteiger partial charge < -0.3 is 29.2 Å². The summed E-state index contributed by atoms with van der Waals surface area (Å²) >= 11 is 0. The molecule has 0 aliphatic carbocycles. The average molecular weight is 751 g/mol. The first kappa shape index (κ1) is 39.5. The van der Waals surface area contributed by atoms with Crippen LogP contribution < -0.4 is 18.9 Å². The Hall–Kier alpha value is -6.22. The minimum absolute atomic E-state index is 0.273. The molecule has 0 amide bonds. The number of hydrogen-bond donors (Lipinski definition) is 2. The lowest BCUT2D eigenvalue weighted by Crippen LogP contribution is -2.19. The molecule has 0 aromatic heterocycles. The number of aliphatic hydroxyl groups is 2. The fraction of sp³-hybridized carbons (Fsp3) is 0.208. The SMILES string of the molecule is COc1ccc(C(C)(C)c2ccc(OC(=O)c3ccc(C(=O)Oc4ccc(C(C)(C)c5ccc(OC(O)c6cccc(C(C)O)c6)cc5)cc4)cc3)cc2)cc1. The number of aliphatic hydroxyl groups excluding tert-OH is 2. The van der Waals surface area contributed by atoms with Crippen molar-refractivity contribution in [3.8, 4) is 23.0 Å². The second kappa shape index (κ2) is 16.7. The zero-order valence-electron chi connectivity index (χ0n) is 32.4. The van der Waals surface area contributed by atoms with E-state index < -0.39 is 29.7 Å². The molecule has 0 spiro atoms. The third-order valence-corrected chi connectivity index (χ3v) is 10.2. The fourth-order valence-corrected chi connectivity index (χ4v) is 6.41. The van der Waals surface area contributed by atoms with E-state index in [0.717, 1.165) is 28.0 Å². The topological polar surface area (TPSA) is 112 Å². The van der Waals surface area contributed by atoms with Gasteiger partial charge in [-0.15, -0.1) is 0 Å². The summed E-state index contributed by atoms with van der Waals surface area (Å²) in [4.78, 5) is 25.9. The van der Waals surface area contributed by atoms with Crippen molar-refractivity contribution in [1.29, 1.82) is 0 Å². The molecule has 0 saturated carbocycles. The van der Waals surface area contributed by atoms with Crippen molar-refractivity contribution in [1.82, 2.24) is 0 Å². The predicted molar refractivity (Wildman–Crippen MR) is 216 cm³/mol. The number of esters is 2. The Labute approximate surface area is 327 Å². The molecule has 0 bridgehead atoms. The van der Waals surface area contributed by atoms with Crippen molar-refractivity contribution < 1.29 is 38.7 Å². The Morgan fingerprint density at radius 1 is 0.500 bits per heavy atom. The summed E-state index contributed by atoms with van der Waals surface area (Å²) in [5.74, 6) is 1.01. The highest BCUT2D eigenvalue weighted by Gasteiger charge is 2.25. The first-order valence-electron chi connectivity index (χ1n) is 18.4. The molecule has 0 heterocycles. The van der Waals surface area contributed by atoms with Crippen LogP contribution in [0.25, 0.3) is 0 Å². The van der Waals surface area contributed by atoms with Crippen molar-refractivity contribution in [2.75, 3.05) is 7.11 Å². The van der Waals surface area contributed by atoms with Gasteiger partial charge in [-0.2, -0.15) is 0 Å². The Kier molecular flexibility index (Phi) is 11.7. The number of carbonyl (C=O) groups is 2. The largest absolute Gasteiger partial charge is 0.497 e. The molecule has 0 saturated heterocycles. The van der Waals surface area contributed by atoms with Crippen LogP contribution in [0, 0.1) is 0 Å². The van der Waals surface area contributed by atoms with Gasteiger partial charge in [0.2, 0.25) is 6.29 Å². The lowest BCUT2D eigenvalue weighted by Gasteiger charge is -2.26. The minimum Gasteiger partial charge on any atom is -0.497 e. The van der Waals surface area contributed by atoms with Crippen molar-refractivity contribution in [3.63, 3.8) is 0 Å². The maximum absolute atomic E-state index is 13.0. The summed E-state index contributed by atoms with van der Waals surface area (Å²) in [6.45, 7) is 10.1. The number of hydrogen-bond acceptors (Lipinski definition) is 8. The Bertz CT molecular complexity index is 2250. The molecule has 6 aromatic carbocycles. The molecule has 0 aliphatic heterocycles. The highest BCUT2D eigenvalue weighted by atomic mass is 16.6. The molecule has 2 unspecified atom stereocenters. The van der Waals surface area contributed by atoms with Crippen LogP contribution in [0.15, 0.2) is 146 Å². The summed E-state index contributed by atoms with van der Waals surface area (Å²) in [5, 5.41) is 20.5. The van der Waals surface area contributed by atoms with E-state index in [4.69, 9.17) is 18.9 Å². The van der Waals surface area contributed by atoms with Gasteiger partial charge in [0, 0.05) is 16.4 Å². The van der Waals surface area contributed by atoms with Crippen LogP contribution in [0.5, 0.6) is 23.0 Å². The van der Waals surface area contributed by atoms with Gasteiger partial charge in [-0.1, -0.05) is 94.4 Å². The van der Waals surface area contributed by atoms with Gasteiger partial charge in [-0.05, 0) is 114 Å². The number of methoxy groups -OCH3 is 1. The van der Waals surface area contributed by atoms with Crippen LogP contribution in [0.3, 0.4) is 0 Å². The monoisotopic (exact) mass is 750 g/mol. The standard InChI is InChI=1S/C48H46O8/c1-31(49)34-8-7-9-35(30-34)46(52)56-43-28-20-39(21-29-43)48(4,5)38-18-26-42(27-19-38)55-45(51)33-12-10-32(11-13-33)44(50)54-41-24-16-37(17-25-41)47(2,3)36-14-22-40(53-6)23-15-36/h7-31,46,49,52H,1-6H3. The first-order valence-corrected chi connectivity index (χ1v) is 18.4. The van der Waals surface area contributed by atoms with E-state index in [0.29, 0.717) is 39.5 Å². The normalized spacial score (nSPS) is 12.6. The van der Waals surface area contributed by atoms with Crippen molar-refractivity contribution in [3.05, 3.63) is 190 Å². The van der Waals surface area contributed by atoms with Gasteiger partial charge in [0.05, 0.1) is 24.3 Å². The van der Waals surface area contributed by atoms with Gasteiger partial charge in [0.1, 0.15) is 23.0 Å². The number of ether oxygens (including phenoxy) is 4. The van der Waals surface area contributed by atoms with Gasteiger partial charge in [-0.3, -0.25) is 0 Å². The van der Waals surface area contributed by atoms with E-state index in [1.807, 2.05) is 72.8 Å². The molecule has 0 aliphatic rings. The van der Waals surface area contributed by atoms with E-state index in [9.17, 15) is 19.8 Å². The van der Waals surface area contributed by atoms with E-state index in [-0.39, 0.29) is 5.41 Å². The zero-order chi connectivity index (χ0) is 40.0. The summed E-state index contributed by atoms with van der Waals surface area (Å²) in [7, 11) is 1.64. The van der Waals surface area contributed by atoms with Crippen molar-refractivity contribution in [2.45, 2.75) is 57.8 Å². The highest BCUT2D eigenvalue weighted by molar-refractivity contribution is 5.94. The Morgan fingerprint density at radius 2 is 0.857 bits per heavy atom. The smallest absolute Gasteiger partial charge is 0.343 e. The number of carbonyl (C=O) groups excluding carboxylic acids is 2. The van der Waals surface area contributed by atoms with Crippen molar-refractivity contribution in [2.24, 2.45) is 0 Å². The maximum atomic E-state index is 13.0. The third kappa shape index (κ3) is 9.00. The molecular formula is C48H46O8. The van der Waals surface area contributed by atoms with Crippen LogP contribution in [0.1, 0.15) is 101 Å². The molecule has 2 N–H and O–H groups in total. The first-order chi connectivity index (χ1) is 26.7. The summed E-state index contributed by atoms with van der Waals surface area (Å²) in [6.07, 6.45) is -1.83. The van der Waals surface area contributed by atoms with Crippen LogP contribution in [-0.4, -0.2) is 29.3 Å². The van der Waals surface area contributed by atoms with Crippen molar-refractivity contribution >= 4 is 11.9 Å². The van der Waals surface area contributed by atoms with Crippen LogP contribution in [0.4, 0.5) is 0 Å². The molecule has 6 aromatic rings. The van der Waals surface area contributed by atoms with Crippen LogP contribution >= 0.6 is 0 Å². The molecule has 2 atom stereocenters. The second-order valence-electron chi connectivity index (χ2n) is 14.7. The lowest BCUT2D eigenvalue weighted by molar-refractivity contribution is -0.0196. The minimum atomic E-state index is -1.18. The van der Waals surface area contributed by atoms with Gasteiger partial charge in [-0.25, -0.2) is 9.59 Å². The van der Waals surface area contributed by atoms with Gasteiger partial charge in [0.15, 0.2) is 0 Å². The molecular weight excluding hydrogens is 705 g/mol. The zero-order valence-corrected chi connectivity index (χ0v) is 32.4. The van der Waals surface area contributed by atoms with Crippen LogP contribution in [0.2, 0.25) is 0 Å². The molecule has 8 heteroatoms. The average Bonchev–Trinajstić information content (AvgIpc) is 3.21. The molecule has 0 radical (unpaired) electrons. The van der Waals surface area contributed by atoms with Crippen LogP contribution in [-0.2, 0) is 10.8 Å². The van der Waals surface area contributed by atoms with E-state index >= 15 is 0 Å². The lowest BCUT2D eigenvalue weighted by atomic mass is 9.78. The molecule has 56 heavy (non-hydrogen) atoms. The summed E-state index contributed by atoms with van der Waals surface area (Å²) in [6, 6.07) is 43.4. The van der Waals surface area contributed by atoms with Gasteiger partial charge in [0.25, 0.3) is 0 Å². The third-order valence-electron chi connectivity index (χ3n) is 10.2. The van der Waals surface area contributed by atoms with E-state index in [1.54, 1.807) is 62.6 Å². The number of benzene rings is 6. The molecule has 8 nitrogen and oxygen atoms in total. The predicted octanol–water partition coefficient (Wildman–Crippen LogP) is 9.91. The maximum Gasteiger partial charge on any atom is 0.343 e. The quantitative estimate of drug-likeness (QED) is 0.0682. The fourth-order valence-electron chi connectivity index (χ4n) is 6.41. The number of rotatable bonds is 13. The Balaban J connectivity index is 1.02. The second-order valence-corrected chi connectivity index (χ2v) is 14.7. The summed E-state index contributed by atoms with van der Waals surface area (Å²) < 4.78 is 22.3. The summed E-state index contributed by atoms with van der Waals surface area (Å²) in [5.41, 5.74) is 5.38. The highest BCUT2D eigenvalue weighted by Crippen LogP contribution is 2.35. The molecule has 0 fully saturated rings.